The molecule has 1 saturated carbocycles. The molecule has 2 amide bonds. The highest BCUT2D eigenvalue weighted by Gasteiger charge is 2.48. The van der Waals surface area contributed by atoms with Crippen molar-refractivity contribution in [2.45, 2.75) is 58.0 Å². The number of nitrogens with zero attached hydrogens (tertiary/aromatic N) is 1. The van der Waals surface area contributed by atoms with E-state index in [9.17, 15) is 9.90 Å². The number of methoxy groups -OCH3 is 1. The smallest absolute Gasteiger partial charge is 0.317 e. The van der Waals surface area contributed by atoms with E-state index in [1.807, 2.05) is 18.7 Å². The standard InChI is InChI=1S/C17H32N2O3/c1-16(2)12-19(10-9-17(16,21)13-22-3)15(20)18-11-14-7-5-4-6-8-14/h14,21H,4-13H2,1-3H3,(H,18,20)/t17-/m1/s1. The van der Waals surface area contributed by atoms with E-state index in [1.54, 1.807) is 7.11 Å². The van der Waals surface area contributed by atoms with Crippen molar-refractivity contribution in [1.29, 1.82) is 0 Å². The number of rotatable bonds is 4. The summed E-state index contributed by atoms with van der Waals surface area (Å²) in [4.78, 5) is 14.2. The maximum Gasteiger partial charge on any atom is 0.317 e. The first-order valence-electron chi connectivity index (χ1n) is 8.62. The van der Waals surface area contributed by atoms with Gasteiger partial charge in [0.2, 0.25) is 0 Å². The van der Waals surface area contributed by atoms with Gasteiger partial charge in [-0.05, 0) is 25.2 Å². The van der Waals surface area contributed by atoms with Crippen molar-refractivity contribution < 1.29 is 14.6 Å². The van der Waals surface area contributed by atoms with Gasteiger partial charge in [0.05, 0.1) is 12.2 Å². The molecule has 0 spiro atoms. The summed E-state index contributed by atoms with van der Waals surface area (Å²) >= 11 is 0. The lowest BCUT2D eigenvalue weighted by Gasteiger charge is -2.49. The van der Waals surface area contributed by atoms with Crippen LogP contribution in [0.3, 0.4) is 0 Å². The Labute approximate surface area is 134 Å². The number of aliphatic hydroxyl groups is 1. The van der Waals surface area contributed by atoms with Crippen LogP contribution in [0.15, 0.2) is 0 Å². The third-order valence-corrected chi connectivity index (χ3v) is 5.58. The summed E-state index contributed by atoms with van der Waals surface area (Å²) < 4.78 is 5.17. The number of nitrogens with one attached hydrogen (secondary N) is 1. The molecule has 2 aliphatic rings. The van der Waals surface area contributed by atoms with Gasteiger partial charge in [-0.3, -0.25) is 0 Å². The highest BCUT2D eigenvalue weighted by Crippen LogP contribution is 2.38. The Morgan fingerprint density at radius 3 is 2.59 bits per heavy atom. The van der Waals surface area contributed by atoms with E-state index < -0.39 is 5.60 Å². The number of hydrogen-bond acceptors (Lipinski definition) is 3. The topological polar surface area (TPSA) is 61.8 Å². The third kappa shape index (κ3) is 3.93. The summed E-state index contributed by atoms with van der Waals surface area (Å²) in [6.45, 7) is 6.26. The molecule has 0 radical (unpaired) electrons. The molecule has 0 aromatic rings. The van der Waals surface area contributed by atoms with Crippen molar-refractivity contribution in [1.82, 2.24) is 10.2 Å². The van der Waals surface area contributed by atoms with Gasteiger partial charge in [0, 0.05) is 32.2 Å². The van der Waals surface area contributed by atoms with E-state index in [-0.39, 0.29) is 11.4 Å². The van der Waals surface area contributed by atoms with Crippen molar-refractivity contribution in [3.8, 4) is 0 Å². The number of carbonyl (C=O) groups excluding carboxylic acids is 1. The molecule has 2 N–H and O–H groups in total. The van der Waals surface area contributed by atoms with Crippen molar-refractivity contribution in [3.63, 3.8) is 0 Å². The monoisotopic (exact) mass is 312 g/mol. The Morgan fingerprint density at radius 2 is 2.00 bits per heavy atom. The van der Waals surface area contributed by atoms with Crippen LogP contribution in [0.2, 0.25) is 0 Å². The molecule has 0 aromatic carbocycles. The molecule has 128 valence electrons. The zero-order chi connectivity index (χ0) is 16.2. The Bertz CT molecular complexity index is 380. The minimum atomic E-state index is -0.859. The molecule has 1 atom stereocenters. The Hall–Kier alpha value is -0.810. The summed E-state index contributed by atoms with van der Waals surface area (Å²) in [5.74, 6) is 0.640. The molecule has 2 rings (SSSR count). The highest BCUT2D eigenvalue weighted by molar-refractivity contribution is 5.74. The molecular weight excluding hydrogens is 280 g/mol. The lowest BCUT2D eigenvalue weighted by molar-refractivity contribution is -0.143. The number of hydrogen-bond donors (Lipinski definition) is 2. The SMILES string of the molecule is COC[C@]1(O)CCN(C(=O)NCC2CCCCC2)CC1(C)C. The largest absolute Gasteiger partial charge is 0.387 e. The summed E-state index contributed by atoms with van der Waals surface area (Å²) in [5.41, 5.74) is -1.23. The number of urea groups is 1. The fraction of sp³-hybridized carbons (Fsp3) is 0.941. The minimum absolute atomic E-state index is 0.0121. The fourth-order valence-corrected chi connectivity index (χ4v) is 3.78. The summed E-state index contributed by atoms with van der Waals surface area (Å²) in [6.07, 6.45) is 6.95. The van der Waals surface area contributed by atoms with E-state index in [2.05, 4.69) is 5.32 Å². The first-order chi connectivity index (χ1) is 10.4. The summed E-state index contributed by atoms with van der Waals surface area (Å²) in [7, 11) is 1.61. The molecule has 1 aliphatic carbocycles. The number of piperidine rings is 1. The number of carbonyl (C=O) groups is 1. The van der Waals surface area contributed by atoms with Crippen LogP contribution >= 0.6 is 0 Å². The normalized spacial score (nSPS) is 29.4. The fourth-order valence-electron chi connectivity index (χ4n) is 3.78. The van der Waals surface area contributed by atoms with Crippen molar-refractivity contribution in [2.75, 3.05) is 33.4 Å². The zero-order valence-electron chi connectivity index (χ0n) is 14.4. The molecule has 1 heterocycles. The molecule has 2 fully saturated rings. The second-order valence-electron chi connectivity index (χ2n) is 7.71. The predicted molar refractivity (Wildman–Crippen MR) is 86.8 cm³/mol. The van der Waals surface area contributed by atoms with E-state index in [0.29, 0.717) is 32.0 Å². The number of amides is 2. The maximum atomic E-state index is 12.4. The Morgan fingerprint density at radius 1 is 1.32 bits per heavy atom. The molecule has 1 aliphatic heterocycles. The Balaban J connectivity index is 1.84. The first kappa shape index (κ1) is 17.5. The first-order valence-corrected chi connectivity index (χ1v) is 8.62. The van der Waals surface area contributed by atoms with Crippen LogP contribution in [-0.2, 0) is 4.74 Å². The van der Waals surface area contributed by atoms with Crippen LogP contribution in [0.1, 0.15) is 52.4 Å². The summed E-state index contributed by atoms with van der Waals surface area (Å²) in [6, 6.07) is 0.0121. The van der Waals surface area contributed by atoms with E-state index in [4.69, 9.17) is 4.74 Å². The van der Waals surface area contributed by atoms with Gasteiger partial charge in [-0.2, -0.15) is 0 Å². The number of likely N-dealkylation sites (tertiary alicyclic amines) is 1. The van der Waals surface area contributed by atoms with Crippen LogP contribution in [0.5, 0.6) is 0 Å². The van der Waals surface area contributed by atoms with Crippen molar-refractivity contribution >= 4 is 6.03 Å². The van der Waals surface area contributed by atoms with Gasteiger partial charge in [0.25, 0.3) is 0 Å². The van der Waals surface area contributed by atoms with Crippen LogP contribution < -0.4 is 5.32 Å². The van der Waals surface area contributed by atoms with Crippen molar-refractivity contribution in [2.24, 2.45) is 11.3 Å². The van der Waals surface area contributed by atoms with E-state index in [1.165, 1.54) is 32.1 Å². The van der Waals surface area contributed by atoms with E-state index in [0.717, 1.165) is 6.54 Å². The maximum absolute atomic E-state index is 12.4. The molecule has 5 nitrogen and oxygen atoms in total. The second-order valence-corrected chi connectivity index (χ2v) is 7.71. The average Bonchev–Trinajstić information content (AvgIpc) is 2.49. The lowest BCUT2D eigenvalue weighted by Crippen LogP contribution is -2.61. The van der Waals surface area contributed by atoms with Crippen LogP contribution in [0.4, 0.5) is 4.79 Å². The quantitative estimate of drug-likeness (QED) is 0.838. The molecule has 0 bridgehead atoms. The van der Waals surface area contributed by atoms with Crippen LogP contribution in [0.25, 0.3) is 0 Å². The van der Waals surface area contributed by atoms with Crippen LogP contribution in [0, 0.1) is 11.3 Å². The number of ether oxygens (including phenoxy) is 1. The third-order valence-electron chi connectivity index (χ3n) is 5.58. The Kier molecular flexibility index (Phi) is 5.72. The molecule has 5 heteroatoms. The minimum Gasteiger partial charge on any atom is -0.387 e. The van der Waals surface area contributed by atoms with Gasteiger partial charge in [-0.15, -0.1) is 0 Å². The zero-order valence-corrected chi connectivity index (χ0v) is 14.4. The molecular formula is C17H32N2O3. The molecule has 0 unspecified atom stereocenters. The van der Waals surface area contributed by atoms with Gasteiger partial charge in [0.15, 0.2) is 0 Å². The van der Waals surface area contributed by atoms with Gasteiger partial charge in [-0.25, -0.2) is 4.79 Å². The average molecular weight is 312 g/mol. The van der Waals surface area contributed by atoms with Crippen LogP contribution in [-0.4, -0.2) is 55.0 Å². The highest BCUT2D eigenvalue weighted by atomic mass is 16.5. The second kappa shape index (κ2) is 7.18. The van der Waals surface area contributed by atoms with Gasteiger partial charge < -0.3 is 20.1 Å². The van der Waals surface area contributed by atoms with Gasteiger partial charge in [0.1, 0.15) is 0 Å². The lowest BCUT2D eigenvalue weighted by atomic mass is 9.70. The summed E-state index contributed by atoms with van der Waals surface area (Å²) in [5, 5.41) is 13.8. The van der Waals surface area contributed by atoms with E-state index >= 15 is 0 Å². The molecule has 22 heavy (non-hydrogen) atoms. The molecule has 0 aromatic heterocycles. The van der Waals surface area contributed by atoms with Gasteiger partial charge in [-0.1, -0.05) is 33.1 Å². The molecule has 1 saturated heterocycles. The van der Waals surface area contributed by atoms with Gasteiger partial charge >= 0.3 is 6.03 Å². The predicted octanol–water partition coefficient (Wildman–Crippen LogP) is 2.39. The van der Waals surface area contributed by atoms with Crippen molar-refractivity contribution in [3.05, 3.63) is 0 Å².